The normalized spacial score (nSPS) is 10.4. The zero-order chi connectivity index (χ0) is 17.1. The summed E-state index contributed by atoms with van der Waals surface area (Å²) in [5, 5.41) is 20.0. The average molecular weight is 363 g/mol. The number of halogens is 1. The van der Waals surface area contributed by atoms with Gasteiger partial charge in [-0.15, -0.1) is 11.3 Å². The van der Waals surface area contributed by atoms with Gasteiger partial charge < -0.3 is 10.6 Å². The molecule has 0 aliphatic rings. The predicted octanol–water partition coefficient (Wildman–Crippen LogP) is 4.29. The predicted molar refractivity (Wildman–Crippen MR) is 93.6 cm³/mol. The van der Waals surface area contributed by atoms with Crippen LogP contribution in [0, 0.1) is 17.0 Å². The number of aromatic nitrogens is 3. The first-order chi connectivity index (χ1) is 11.5. The minimum absolute atomic E-state index is 0.0608. The highest BCUT2D eigenvalue weighted by atomic mass is 35.5. The average Bonchev–Trinajstić information content (AvgIpc) is 3.04. The Labute approximate surface area is 145 Å². The zero-order valence-electron chi connectivity index (χ0n) is 12.4. The van der Waals surface area contributed by atoms with Crippen molar-refractivity contribution in [2.24, 2.45) is 0 Å². The number of aryl methyl sites for hydroxylation is 1. The lowest BCUT2D eigenvalue weighted by atomic mass is 10.2. The smallest absolute Gasteiger partial charge is 0.334 e. The van der Waals surface area contributed by atoms with Crippen LogP contribution in [0.2, 0.25) is 5.02 Å². The van der Waals surface area contributed by atoms with E-state index >= 15 is 0 Å². The highest BCUT2D eigenvalue weighted by Crippen LogP contribution is 2.33. The minimum atomic E-state index is -0.548. The largest absolute Gasteiger partial charge is 0.353 e. The van der Waals surface area contributed by atoms with Gasteiger partial charge in [0.25, 0.3) is 0 Å². The van der Waals surface area contributed by atoms with Crippen LogP contribution in [-0.2, 0) is 0 Å². The molecule has 0 saturated heterocycles. The Bertz CT molecular complexity index is 887. The summed E-state index contributed by atoms with van der Waals surface area (Å²) in [7, 11) is 0. The van der Waals surface area contributed by atoms with Gasteiger partial charge in [0.05, 0.1) is 4.92 Å². The Morgan fingerprint density at radius 1 is 1.21 bits per heavy atom. The van der Waals surface area contributed by atoms with E-state index in [-0.39, 0.29) is 17.3 Å². The van der Waals surface area contributed by atoms with E-state index in [1.807, 2.05) is 13.0 Å². The van der Waals surface area contributed by atoms with E-state index in [0.29, 0.717) is 15.8 Å². The van der Waals surface area contributed by atoms with Gasteiger partial charge in [0.2, 0.25) is 11.6 Å². The molecule has 3 aromatic rings. The van der Waals surface area contributed by atoms with Gasteiger partial charge in [0, 0.05) is 22.3 Å². The van der Waals surface area contributed by atoms with Crippen molar-refractivity contribution in [2.75, 3.05) is 10.6 Å². The molecular formula is C14H11ClN6O2S. The second-order valence-corrected chi connectivity index (χ2v) is 6.03. The fourth-order valence-corrected chi connectivity index (χ4v) is 2.64. The molecule has 8 nitrogen and oxygen atoms in total. The molecule has 0 radical (unpaired) electrons. The lowest BCUT2D eigenvalue weighted by Crippen LogP contribution is -2.05. The van der Waals surface area contributed by atoms with E-state index in [4.69, 9.17) is 11.6 Å². The lowest BCUT2D eigenvalue weighted by Gasteiger charge is -2.09. The highest BCUT2D eigenvalue weighted by Gasteiger charge is 2.23. The van der Waals surface area contributed by atoms with Gasteiger partial charge in [-0.1, -0.05) is 17.7 Å². The summed E-state index contributed by atoms with van der Waals surface area (Å²) in [5.41, 5.74) is 1.22. The van der Waals surface area contributed by atoms with Crippen molar-refractivity contribution in [1.29, 1.82) is 0 Å². The molecule has 0 unspecified atom stereocenters. The van der Waals surface area contributed by atoms with Crippen LogP contribution >= 0.6 is 22.9 Å². The summed E-state index contributed by atoms with van der Waals surface area (Å²) < 4.78 is 0. The van der Waals surface area contributed by atoms with Crippen LogP contribution in [0.15, 0.2) is 36.1 Å². The highest BCUT2D eigenvalue weighted by molar-refractivity contribution is 7.13. The molecular weight excluding hydrogens is 352 g/mol. The van der Waals surface area contributed by atoms with E-state index in [9.17, 15) is 10.1 Å². The van der Waals surface area contributed by atoms with Crippen LogP contribution in [0.25, 0.3) is 0 Å². The van der Waals surface area contributed by atoms with Crippen LogP contribution in [0.1, 0.15) is 5.56 Å². The molecule has 1 aromatic carbocycles. The lowest BCUT2D eigenvalue weighted by molar-refractivity contribution is -0.383. The zero-order valence-corrected chi connectivity index (χ0v) is 13.9. The molecule has 2 heterocycles. The number of anilines is 4. The summed E-state index contributed by atoms with van der Waals surface area (Å²) in [6.45, 7) is 1.87. The maximum Gasteiger partial charge on any atom is 0.353 e. The number of rotatable bonds is 5. The van der Waals surface area contributed by atoms with Gasteiger partial charge in [0.1, 0.15) is 6.33 Å². The summed E-state index contributed by atoms with van der Waals surface area (Å²) >= 11 is 7.39. The van der Waals surface area contributed by atoms with Crippen LogP contribution in [-0.4, -0.2) is 19.9 Å². The van der Waals surface area contributed by atoms with Gasteiger partial charge >= 0.3 is 5.69 Å². The van der Waals surface area contributed by atoms with Gasteiger partial charge in [-0.2, -0.15) is 0 Å². The molecule has 0 amide bonds. The maximum atomic E-state index is 11.5. The second-order valence-electron chi connectivity index (χ2n) is 4.73. The standard InChI is InChI=1S/C14H11ClN6O2S/c1-8-2-3-9(6-10(8)15)19-12-11(21(22)23)13(18-7-17-12)20-14-16-4-5-24-14/h2-7H,1H3,(H2,16,17,18,19,20). The number of thiazole rings is 1. The van der Waals surface area contributed by atoms with Crippen LogP contribution in [0.3, 0.4) is 0 Å². The number of nitro groups is 1. The third-order valence-electron chi connectivity index (χ3n) is 3.10. The number of hydrogen-bond acceptors (Lipinski definition) is 8. The van der Waals surface area contributed by atoms with Crippen LogP contribution < -0.4 is 10.6 Å². The van der Waals surface area contributed by atoms with Gasteiger partial charge in [-0.05, 0) is 24.6 Å². The first-order valence-electron chi connectivity index (χ1n) is 6.73. The fraction of sp³-hybridized carbons (Fsp3) is 0.0714. The second kappa shape index (κ2) is 6.77. The minimum Gasteiger partial charge on any atom is -0.334 e. The maximum absolute atomic E-state index is 11.5. The molecule has 24 heavy (non-hydrogen) atoms. The van der Waals surface area contributed by atoms with Crippen molar-refractivity contribution in [3.8, 4) is 0 Å². The quantitative estimate of drug-likeness (QED) is 0.515. The third-order valence-corrected chi connectivity index (χ3v) is 4.19. The Morgan fingerprint density at radius 3 is 2.58 bits per heavy atom. The summed E-state index contributed by atoms with van der Waals surface area (Å²) in [6.07, 6.45) is 2.83. The van der Waals surface area contributed by atoms with Crippen LogP contribution in [0.4, 0.5) is 28.1 Å². The molecule has 10 heteroatoms. The SMILES string of the molecule is Cc1ccc(Nc2ncnc(Nc3nccs3)c2[N+](=O)[O-])cc1Cl. The number of nitrogens with one attached hydrogen (secondary N) is 2. The Kier molecular flexibility index (Phi) is 4.54. The van der Waals surface area contributed by atoms with E-state index in [1.54, 1.807) is 23.7 Å². The van der Waals surface area contributed by atoms with Crippen molar-refractivity contribution in [3.63, 3.8) is 0 Å². The first-order valence-corrected chi connectivity index (χ1v) is 7.99. The molecule has 0 spiro atoms. The van der Waals surface area contributed by atoms with Crippen molar-refractivity contribution in [3.05, 3.63) is 56.8 Å². The first kappa shape index (κ1) is 16.1. The molecule has 2 aromatic heterocycles. The van der Waals surface area contributed by atoms with Gasteiger partial charge in [-0.3, -0.25) is 10.1 Å². The molecule has 3 rings (SSSR count). The van der Waals surface area contributed by atoms with Gasteiger partial charge in [0.15, 0.2) is 5.13 Å². The Hall–Kier alpha value is -2.78. The van der Waals surface area contributed by atoms with E-state index < -0.39 is 4.92 Å². The number of benzene rings is 1. The molecule has 122 valence electrons. The van der Waals surface area contributed by atoms with Crippen LogP contribution in [0.5, 0.6) is 0 Å². The molecule has 0 aliphatic heterocycles. The number of nitrogens with zero attached hydrogens (tertiary/aromatic N) is 4. The Balaban J connectivity index is 1.97. The monoisotopic (exact) mass is 362 g/mol. The molecule has 0 fully saturated rings. The topological polar surface area (TPSA) is 106 Å². The van der Waals surface area contributed by atoms with Crippen molar-refractivity contribution >= 4 is 51.1 Å². The molecule has 2 N–H and O–H groups in total. The van der Waals surface area contributed by atoms with Crippen molar-refractivity contribution in [1.82, 2.24) is 15.0 Å². The van der Waals surface area contributed by atoms with Crippen molar-refractivity contribution in [2.45, 2.75) is 6.92 Å². The third kappa shape index (κ3) is 3.42. The van der Waals surface area contributed by atoms with E-state index in [1.165, 1.54) is 17.7 Å². The summed E-state index contributed by atoms with van der Waals surface area (Å²) in [5.74, 6) is 0.125. The Morgan fingerprint density at radius 2 is 1.96 bits per heavy atom. The molecule has 0 atom stereocenters. The van der Waals surface area contributed by atoms with E-state index in [2.05, 4.69) is 25.6 Å². The number of hydrogen-bond donors (Lipinski definition) is 2. The van der Waals surface area contributed by atoms with Crippen molar-refractivity contribution < 1.29 is 4.92 Å². The van der Waals surface area contributed by atoms with Gasteiger partial charge in [-0.25, -0.2) is 15.0 Å². The fourth-order valence-electron chi connectivity index (χ4n) is 1.93. The molecule has 0 bridgehead atoms. The van der Waals surface area contributed by atoms with E-state index in [0.717, 1.165) is 5.56 Å². The molecule has 0 saturated carbocycles. The summed E-state index contributed by atoms with van der Waals surface area (Å²) in [4.78, 5) is 22.9. The summed E-state index contributed by atoms with van der Waals surface area (Å²) in [6, 6.07) is 5.25. The molecule has 0 aliphatic carbocycles.